The number of aryl methyl sites for hydroxylation is 1. The van der Waals surface area contributed by atoms with E-state index in [0.717, 1.165) is 36.3 Å². The number of ether oxygens (including phenoxy) is 3. The Hall–Kier alpha value is -2.66. The molecule has 5 heteroatoms. The molecule has 1 aliphatic heterocycles. The first-order chi connectivity index (χ1) is 18.2. The van der Waals surface area contributed by atoms with Gasteiger partial charge in [-0.2, -0.15) is 0 Å². The summed E-state index contributed by atoms with van der Waals surface area (Å²) >= 11 is 0. The third-order valence-electron chi connectivity index (χ3n) is 7.76. The van der Waals surface area contributed by atoms with Crippen LogP contribution < -0.4 is 4.74 Å². The number of nitrogens with zero attached hydrogens (tertiary/aromatic N) is 1. The number of cyclic esters (lactones) is 1. The highest BCUT2D eigenvalue weighted by molar-refractivity contribution is 5.93. The number of carbonyl (C=O) groups is 1. The van der Waals surface area contributed by atoms with E-state index in [2.05, 4.69) is 84.0 Å². The molecule has 216 valence electrons. The van der Waals surface area contributed by atoms with E-state index < -0.39 is 0 Å². The molecule has 2 aromatic rings. The lowest BCUT2D eigenvalue weighted by Gasteiger charge is -2.25. The zero-order valence-corrected chi connectivity index (χ0v) is 24.4. The van der Waals surface area contributed by atoms with Gasteiger partial charge in [-0.3, -0.25) is 9.79 Å². The van der Waals surface area contributed by atoms with Crippen molar-refractivity contribution in [2.24, 2.45) is 28.7 Å². The molecule has 0 bridgehead atoms. The minimum Gasteiger partial charge on any atom is -0.493 e. The van der Waals surface area contributed by atoms with Crippen molar-refractivity contribution in [3.05, 3.63) is 65.2 Å². The zero-order chi connectivity index (χ0) is 27.7. The molecule has 39 heavy (non-hydrogen) atoms. The molecule has 3 rings (SSSR count). The second-order valence-corrected chi connectivity index (χ2v) is 11.4. The highest BCUT2D eigenvalue weighted by Crippen LogP contribution is 2.33. The Morgan fingerprint density at radius 3 is 2.38 bits per heavy atom. The smallest absolute Gasteiger partial charge is 0.310 e. The largest absolute Gasteiger partial charge is 0.493 e. The van der Waals surface area contributed by atoms with Gasteiger partial charge in [-0.25, -0.2) is 0 Å². The highest BCUT2D eigenvalue weighted by Gasteiger charge is 2.39. The Labute approximate surface area is 237 Å². The lowest BCUT2D eigenvalue weighted by atomic mass is 9.82. The first-order valence-electron chi connectivity index (χ1n) is 14.2. The van der Waals surface area contributed by atoms with Crippen LogP contribution in [0.5, 0.6) is 5.75 Å². The van der Waals surface area contributed by atoms with Crippen LogP contribution in [0.4, 0.5) is 0 Å². The molecule has 0 N–H and O–H groups in total. The number of rotatable bonds is 14. The van der Waals surface area contributed by atoms with E-state index in [0.29, 0.717) is 31.5 Å². The van der Waals surface area contributed by atoms with Gasteiger partial charge in [-0.05, 0) is 67.2 Å². The third-order valence-corrected chi connectivity index (χ3v) is 7.76. The average Bonchev–Trinajstić information content (AvgIpc) is 3.29. The van der Waals surface area contributed by atoms with Gasteiger partial charge in [-0.1, -0.05) is 77.6 Å². The summed E-state index contributed by atoms with van der Waals surface area (Å²) in [6.07, 6.45) is 3.05. The summed E-state index contributed by atoms with van der Waals surface area (Å²) in [6, 6.07) is 16.9. The summed E-state index contributed by atoms with van der Waals surface area (Å²) < 4.78 is 17.2. The van der Waals surface area contributed by atoms with E-state index in [1.165, 1.54) is 11.1 Å². The second kappa shape index (κ2) is 15.8. The van der Waals surface area contributed by atoms with Crippen molar-refractivity contribution >= 4 is 11.7 Å². The minimum absolute atomic E-state index is 0. The summed E-state index contributed by atoms with van der Waals surface area (Å²) in [6.45, 7) is 14.3. The Morgan fingerprint density at radius 2 is 1.77 bits per heavy atom. The number of carbonyl (C=O) groups excluding carboxylic acids is 1. The van der Waals surface area contributed by atoms with Crippen LogP contribution >= 0.6 is 0 Å². The highest BCUT2D eigenvalue weighted by atomic mass is 16.6. The first-order valence-corrected chi connectivity index (χ1v) is 14.2. The molecule has 4 atom stereocenters. The molecule has 1 fully saturated rings. The molecule has 1 saturated heterocycles. The molecule has 0 amide bonds. The number of hydrogen-bond donors (Lipinski definition) is 0. The summed E-state index contributed by atoms with van der Waals surface area (Å²) in [5, 5.41) is 0. The molecule has 2 aromatic carbocycles. The van der Waals surface area contributed by atoms with Gasteiger partial charge in [0.15, 0.2) is 0 Å². The Balaban J connectivity index is 0.00000533. The van der Waals surface area contributed by atoms with E-state index in [4.69, 9.17) is 19.2 Å². The molecule has 1 heterocycles. The topological polar surface area (TPSA) is 57.1 Å². The van der Waals surface area contributed by atoms with Crippen LogP contribution in [0.2, 0.25) is 0 Å². The predicted octanol–water partition coefficient (Wildman–Crippen LogP) is 8.04. The van der Waals surface area contributed by atoms with Crippen LogP contribution in [0, 0.1) is 30.6 Å². The van der Waals surface area contributed by atoms with E-state index in [9.17, 15) is 4.79 Å². The summed E-state index contributed by atoms with van der Waals surface area (Å²) in [4.78, 5) is 17.9. The number of hydrogen-bond acceptors (Lipinski definition) is 5. The molecule has 1 aliphatic rings. The molecule has 5 nitrogen and oxygen atoms in total. The van der Waals surface area contributed by atoms with Gasteiger partial charge in [0, 0.05) is 26.6 Å². The summed E-state index contributed by atoms with van der Waals surface area (Å²) in [5.74, 6) is 1.85. The van der Waals surface area contributed by atoms with Crippen LogP contribution in [0.1, 0.15) is 84.0 Å². The standard InChI is InChI=1S/C33H47NO4.CH4/c1-22(2)28(18-26-15-14-24(5)31(19-26)37-17-11-16-36-7)20-30(32-21-29(23(3)4)33(35)38-32)34-25(6)27-12-9-8-10-13-27;/h8-10,12-15,19,22-23,25,28-29,32H,11,16-18,20-21H2,1-7H3;1H4/t25-,28-,29-,32-;/m0./s1. The average molecular weight is 538 g/mol. The molecule has 0 aliphatic carbocycles. The number of esters is 1. The number of aliphatic imine (C=N–C) groups is 1. The van der Waals surface area contributed by atoms with Gasteiger partial charge in [0.05, 0.1) is 24.3 Å². The van der Waals surface area contributed by atoms with Gasteiger partial charge in [0.2, 0.25) is 0 Å². The Morgan fingerprint density at radius 1 is 1.05 bits per heavy atom. The zero-order valence-electron chi connectivity index (χ0n) is 24.4. The van der Waals surface area contributed by atoms with Crippen LogP contribution in [-0.2, 0) is 20.7 Å². The lowest BCUT2D eigenvalue weighted by molar-refractivity contribution is -0.143. The van der Waals surface area contributed by atoms with Crippen LogP contribution in [-0.4, -0.2) is 38.1 Å². The fraction of sp³-hybridized carbons (Fsp3) is 0.588. The summed E-state index contributed by atoms with van der Waals surface area (Å²) in [7, 11) is 1.71. The van der Waals surface area contributed by atoms with Gasteiger partial charge >= 0.3 is 5.97 Å². The van der Waals surface area contributed by atoms with Gasteiger partial charge < -0.3 is 14.2 Å². The van der Waals surface area contributed by atoms with Gasteiger partial charge in [-0.15, -0.1) is 0 Å². The van der Waals surface area contributed by atoms with Crippen LogP contribution in [0.15, 0.2) is 53.5 Å². The predicted molar refractivity (Wildman–Crippen MR) is 162 cm³/mol. The minimum atomic E-state index is -0.250. The molecule has 0 saturated carbocycles. The quantitative estimate of drug-likeness (QED) is 0.139. The summed E-state index contributed by atoms with van der Waals surface area (Å²) in [5.41, 5.74) is 4.59. The second-order valence-electron chi connectivity index (χ2n) is 11.4. The number of benzene rings is 2. The van der Waals surface area contributed by atoms with Crippen molar-refractivity contribution in [2.75, 3.05) is 20.3 Å². The third kappa shape index (κ3) is 9.49. The fourth-order valence-corrected chi connectivity index (χ4v) is 5.10. The SMILES string of the molecule is C.COCCCOc1cc(C[C@@H](CC(=N[C@@H](C)c2ccccc2)[C@@H]2C[C@@H](C(C)C)C(=O)O2)C(C)C)ccc1C. The molecular weight excluding hydrogens is 486 g/mol. The Kier molecular flexibility index (Phi) is 13.2. The Bertz CT molecular complexity index is 1050. The van der Waals surface area contributed by atoms with E-state index in [1.54, 1.807) is 7.11 Å². The van der Waals surface area contributed by atoms with Crippen molar-refractivity contribution in [1.29, 1.82) is 0 Å². The maximum atomic E-state index is 12.7. The monoisotopic (exact) mass is 537 g/mol. The van der Waals surface area contributed by atoms with Gasteiger partial charge in [0.25, 0.3) is 0 Å². The van der Waals surface area contributed by atoms with Crippen molar-refractivity contribution in [1.82, 2.24) is 0 Å². The molecule has 0 aromatic heterocycles. The van der Waals surface area contributed by atoms with Gasteiger partial charge in [0.1, 0.15) is 11.9 Å². The molecular formula is C34H51NO4. The number of methoxy groups -OCH3 is 1. The van der Waals surface area contributed by atoms with Crippen molar-refractivity contribution in [3.8, 4) is 5.75 Å². The maximum absolute atomic E-state index is 12.7. The van der Waals surface area contributed by atoms with Crippen LogP contribution in [0.3, 0.4) is 0 Å². The first kappa shape index (κ1) is 32.6. The van der Waals surface area contributed by atoms with Crippen molar-refractivity contribution < 1.29 is 19.0 Å². The van der Waals surface area contributed by atoms with Crippen LogP contribution in [0.25, 0.3) is 0 Å². The lowest BCUT2D eigenvalue weighted by Crippen LogP contribution is -2.27. The van der Waals surface area contributed by atoms with Crippen molar-refractivity contribution in [3.63, 3.8) is 0 Å². The molecule has 0 unspecified atom stereocenters. The molecule has 0 spiro atoms. The molecule has 0 radical (unpaired) electrons. The fourth-order valence-electron chi connectivity index (χ4n) is 5.10. The van der Waals surface area contributed by atoms with Crippen molar-refractivity contribution in [2.45, 2.75) is 86.8 Å². The normalized spacial score (nSPS) is 19.1. The van der Waals surface area contributed by atoms with E-state index in [-0.39, 0.29) is 37.4 Å². The van der Waals surface area contributed by atoms with E-state index in [1.807, 2.05) is 6.07 Å². The van der Waals surface area contributed by atoms with E-state index >= 15 is 0 Å². The maximum Gasteiger partial charge on any atom is 0.310 e.